The topological polar surface area (TPSA) is 32.3 Å². The van der Waals surface area contributed by atoms with Crippen molar-refractivity contribution in [2.24, 2.45) is 0 Å². The van der Waals surface area contributed by atoms with Gasteiger partial charge in [0.15, 0.2) is 0 Å². The van der Waals surface area contributed by atoms with Gasteiger partial charge >= 0.3 is 0 Å². The number of hydrogen-bond acceptors (Lipinski definition) is 2. The third-order valence-electron chi connectivity index (χ3n) is 2.69. The van der Waals surface area contributed by atoms with Crippen molar-refractivity contribution in [1.29, 1.82) is 0 Å². The first-order valence-corrected chi connectivity index (χ1v) is 5.83. The average molecular weight is 198 g/mol. The number of carbonyl (C=O) groups is 1. The molecule has 0 aromatic heterocycles. The monoisotopic (exact) mass is 198 g/mol. The van der Waals surface area contributed by atoms with Crippen molar-refractivity contribution in [3.05, 3.63) is 0 Å². The summed E-state index contributed by atoms with van der Waals surface area (Å²) in [4.78, 5) is 13.6. The fourth-order valence-electron chi connectivity index (χ4n) is 1.77. The van der Waals surface area contributed by atoms with Crippen LogP contribution in [0.25, 0.3) is 0 Å². The van der Waals surface area contributed by atoms with Crippen LogP contribution in [0.15, 0.2) is 0 Å². The van der Waals surface area contributed by atoms with Crippen molar-refractivity contribution in [1.82, 2.24) is 10.2 Å². The maximum Gasteiger partial charge on any atom is 0.236 e. The fraction of sp³-hybridized carbons (Fsp3) is 0.909. The van der Waals surface area contributed by atoms with Gasteiger partial charge in [-0.2, -0.15) is 0 Å². The SMILES string of the molecule is CCCCCN1CCCCNCC1=O. The molecule has 0 unspecified atom stereocenters. The summed E-state index contributed by atoms with van der Waals surface area (Å²) in [6.45, 7) is 5.64. The second-order valence-electron chi connectivity index (χ2n) is 3.97. The lowest BCUT2D eigenvalue weighted by atomic mass is 10.2. The van der Waals surface area contributed by atoms with Gasteiger partial charge in [-0.3, -0.25) is 4.79 Å². The lowest BCUT2D eigenvalue weighted by Gasteiger charge is -2.25. The van der Waals surface area contributed by atoms with Crippen molar-refractivity contribution >= 4 is 5.91 Å². The average Bonchev–Trinajstić information content (AvgIpc) is 2.17. The molecule has 3 heteroatoms. The minimum Gasteiger partial charge on any atom is -0.342 e. The second kappa shape index (κ2) is 6.82. The number of nitrogens with one attached hydrogen (secondary N) is 1. The van der Waals surface area contributed by atoms with E-state index in [1.54, 1.807) is 0 Å². The third kappa shape index (κ3) is 4.09. The Kier molecular flexibility index (Phi) is 5.60. The number of hydrogen-bond donors (Lipinski definition) is 1. The Morgan fingerprint density at radius 2 is 2.21 bits per heavy atom. The summed E-state index contributed by atoms with van der Waals surface area (Å²) in [5.41, 5.74) is 0. The number of unbranched alkanes of at least 4 members (excludes halogenated alkanes) is 2. The highest BCUT2D eigenvalue weighted by Crippen LogP contribution is 2.03. The summed E-state index contributed by atoms with van der Waals surface area (Å²) in [5, 5.41) is 3.17. The number of carbonyl (C=O) groups excluding carboxylic acids is 1. The zero-order chi connectivity index (χ0) is 10.2. The van der Waals surface area contributed by atoms with Crippen molar-refractivity contribution in [3.63, 3.8) is 0 Å². The van der Waals surface area contributed by atoms with E-state index in [-0.39, 0.29) is 5.91 Å². The van der Waals surface area contributed by atoms with Gasteiger partial charge in [0.25, 0.3) is 0 Å². The Hall–Kier alpha value is -0.570. The van der Waals surface area contributed by atoms with Crippen LogP contribution in [0.2, 0.25) is 0 Å². The molecule has 0 saturated carbocycles. The van der Waals surface area contributed by atoms with E-state index >= 15 is 0 Å². The molecule has 0 aromatic rings. The van der Waals surface area contributed by atoms with Crippen LogP contribution in [0.1, 0.15) is 39.0 Å². The van der Waals surface area contributed by atoms with Crippen molar-refractivity contribution in [2.75, 3.05) is 26.2 Å². The van der Waals surface area contributed by atoms with Crippen LogP contribution in [-0.2, 0) is 4.79 Å². The molecule has 1 heterocycles. The van der Waals surface area contributed by atoms with Crippen LogP contribution >= 0.6 is 0 Å². The van der Waals surface area contributed by atoms with E-state index in [9.17, 15) is 4.79 Å². The maximum atomic E-state index is 11.6. The minimum atomic E-state index is 0.279. The summed E-state index contributed by atoms with van der Waals surface area (Å²) in [6, 6.07) is 0. The largest absolute Gasteiger partial charge is 0.342 e. The lowest BCUT2D eigenvalue weighted by molar-refractivity contribution is -0.130. The zero-order valence-corrected chi connectivity index (χ0v) is 9.22. The van der Waals surface area contributed by atoms with Crippen LogP contribution < -0.4 is 5.32 Å². The molecule has 0 atom stereocenters. The fourth-order valence-corrected chi connectivity index (χ4v) is 1.77. The number of nitrogens with zero attached hydrogens (tertiary/aromatic N) is 1. The molecule has 1 rings (SSSR count). The molecule has 0 bridgehead atoms. The molecule has 1 aliphatic rings. The zero-order valence-electron chi connectivity index (χ0n) is 9.22. The molecule has 1 fully saturated rings. The summed E-state index contributed by atoms with van der Waals surface area (Å²) in [5.74, 6) is 0.279. The molecule has 0 aromatic carbocycles. The predicted molar refractivity (Wildman–Crippen MR) is 58.2 cm³/mol. The molecule has 1 saturated heterocycles. The standard InChI is InChI=1S/C11H22N2O/c1-2-3-5-8-13-9-6-4-7-12-10-11(13)14/h12H,2-10H2,1H3. The first-order valence-electron chi connectivity index (χ1n) is 5.83. The molecule has 3 nitrogen and oxygen atoms in total. The highest BCUT2D eigenvalue weighted by Gasteiger charge is 2.13. The smallest absolute Gasteiger partial charge is 0.236 e. The molecule has 1 N–H and O–H groups in total. The second-order valence-corrected chi connectivity index (χ2v) is 3.97. The van der Waals surface area contributed by atoms with Gasteiger partial charge in [-0.05, 0) is 25.8 Å². The molecule has 1 aliphatic heterocycles. The van der Waals surface area contributed by atoms with E-state index in [1.165, 1.54) is 19.3 Å². The molecule has 82 valence electrons. The maximum absolute atomic E-state index is 11.6. The first-order chi connectivity index (χ1) is 6.84. The van der Waals surface area contributed by atoms with Crippen LogP contribution in [0.3, 0.4) is 0 Å². The van der Waals surface area contributed by atoms with E-state index in [0.717, 1.165) is 32.5 Å². The van der Waals surface area contributed by atoms with Gasteiger partial charge in [0.1, 0.15) is 0 Å². The molecule has 0 radical (unpaired) electrons. The highest BCUT2D eigenvalue weighted by atomic mass is 16.2. The van der Waals surface area contributed by atoms with Gasteiger partial charge in [-0.15, -0.1) is 0 Å². The summed E-state index contributed by atoms with van der Waals surface area (Å²) in [7, 11) is 0. The minimum absolute atomic E-state index is 0.279. The number of rotatable bonds is 4. The summed E-state index contributed by atoms with van der Waals surface area (Å²) >= 11 is 0. The Morgan fingerprint density at radius 1 is 1.36 bits per heavy atom. The lowest BCUT2D eigenvalue weighted by Crippen LogP contribution is -2.41. The quantitative estimate of drug-likeness (QED) is 0.692. The molecule has 0 spiro atoms. The van der Waals surface area contributed by atoms with Crippen molar-refractivity contribution in [2.45, 2.75) is 39.0 Å². The predicted octanol–water partition coefficient (Wildman–Crippen LogP) is 1.39. The van der Waals surface area contributed by atoms with E-state index in [0.29, 0.717) is 6.54 Å². The van der Waals surface area contributed by atoms with Gasteiger partial charge in [-0.25, -0.2) is 0 Å². The number of amides is 1. The van der Waals surface area contributed by atoms with Gasteiger partial charge in [0, 0.05) is 13.1 Å². The normalized spacial score (nSPS) is 19.2. The van der Waals surface area contributed by atoms with Crippen LogP contribution in [0.4, 0.5) is 0 Å². The van der Waals surface area contributed by atoms with Crippen LogP contribution in [0, 0.1) is 0 Å². The van der Waals surface area contributed by atoms with Gasteiger partial charge in [0.05, 0.1) is 6.54 Å². The van der Waals surface area contributed by atoms with Crippen molar-refractivity contribution < 1.29 is 4.79 Å². The van der Waals surface area contributed by atoms with E-state index in [2.05, 4.69) is 12.2 Å². The van der Waals surface area contributed by atoms with E-state index in [1.807, 2.05) is 4.90 Å². The van der Waals surface area contributed by atoms with Crippen LogP contribution in [0.5, 0.6) is 0 Å². The Balaban J connectivity index is 2.26. The third-order valence-corrected chi connectivity index (χ3v) is 2.69. The van der Waals surface area contributed by atoms with Gasteiger partial charge < -0.3 is 10.2 Å². The Bertz CT molecular complexity index is 171. The molecule has 14 heavy (non-hydrogen) atoms. The Morgan fingerprint density at radius 3 is 3.00 bits per heavy atom. The molecular formula is C11H22N2O. The molecule has 1 amide bonds. The highest BCUT2D eigenvalue weighted by molar-refractivity contribution is 5.78. The van der Waals surface area contributed by atoms with E-state index in [4.69, 9.17) is 0 Å². The molecular weight excluding hydrogens is 176 g/mol. The molecule has 0 aliphatic carbocycles. The van der Waals surface area contributed by atoms with E-state index < -0.39 is 0 Å². The van der Waals surface area contributed by atoms with Gasteiger partial charge in [0.2, 0.25) is 5.91 Å². The Labute approximate surface area is 86.9 Å². The van der Waals surface area contributed by atoms with Crippen molar-refractivity contribution in [3.8, 4) is 0 Å². The first kappa shape index (κ1) is 11.5. The summed E-state index contributed by atoms with van der Waals surface area (Å²) in [6.07, 6.45) is 5.95. The summed E-state index contributed by atoms with van der Waals surface area (Å²) < 4.78 is 0. The van der Waals surface area contributed by atoms with Crippen LogP contribution in [-0.4, -0.2) is 37.0 Å². The van der Waals surface area contributed by atoms with Gasteiger partial charge in [-0.1, -0.05) is 19.8 Å².